The van der Waals surface area contributed by atoms with Crippen molar-refractivity contribution in [2.75, 3.05) is 5.73 Å². The van der Waals surface area contributed by atoms with Gasteiger partial charge in [-0.25, -0.2) is 4.68 Å². The summed E-state index contributed by atoms with van der Waals surface area (Å²) >= 11 is 6.21. The van der Waals surface area contributed by atoms with Crippen molar-refractivity contribution in [1.82, 2.24) is 15.0 Å². The molecule has 5 heteroatoms. The van der Waals surface area contributed by atoms with Gasteiger partial charge in [-0.2, -0.15) is 0 Å². The predicted molar refractivity (Wildman–Crippen MR) is 67.5 cm³/mol. The lowest BCUT2D eigenvalue weighted by molar-refractivity contribution is 0.763. The van der Waals surface area contributed by atoms with Crippen LogP contribution in [-0.2, 0) is 0 Å². The third-order valence-corrected chi connectivity index (χ3v) is 3.35. The van der Waals surface area contributed by atoms with Crippen LogP contribution < -0.4 is 5.73 Å². The molecule has 0 atom stereocenters. The van der Waals surface area contributed by atoms with E-state index in [0.717, 1.165) is 29.8 Å². The Morgan fingerprint density at radius 2 is 2.18 bits per heavy atom. The number of hydrogen-bond acceptors (Lipinski definition) is 3. The van der Waals surface area contributed by atoms with E-state index in [-0.39, 0.29) is 0 Å². The van der Waals surface area contributed by atoms with Crippen molar-refractivity contribution < 1.29 is 0 Å². The first-order chi connectivity index (χ1) is 8.16. The summed E-state index contributed by atoms with van der Waals surface area (Å²) in [6, 6.07) is 5.85. The molecular weight excluding hydrogens is 236 g/mol. The molecule has 1 fully saturated rings. The maximum atomic E-state index is 6.21. The highest BCUT2D eigenvalue weighted by Gasteiger charge is 2.31. The molecule has 0 spiro atoms. The molecule has 0 radical (unpaired) electrons. The van der Waals surface area contributed by atoms with Crippen LogP contribution >= 0.6 is 11.6 Å². The van der Waals surface area contributed by atoms with Gasteiger partial charge < -0.3 is 5.73 Å². The second-order valence-electron chi connectivity index (χ2n) is 4.50. The van der Waals surface area contributed by atoms with E-state index < -0.39 is 0 Å². The normalized spacial score (nSPS) is 15.2. The molecule has 1 aromatic heterocycles. The Kier molecular flexibility index (Phi) is 2.33. The van der Waals surface area contributed by atoms with Crippen LogP contribution in [0.3, 0.4) is 0 Å². The molecule has 3 rings (SSSR count). The average molecular weight is 249 g/mol. The third kappa shape index (κ3) is 1.78. The SMILES string of the molecule is Cc1ccc(Cl)c(-n2nnc(N)c2C2CC2)c1. The van der Waals surface area contributed by atoms with Crippen LogP contribution in [-0.4, -0.2) is 15.0 Å². The van der Waals surface area contributed by atoms with E-state index in [1.807, 2.05) is 25.1 Å². The molecule has 0 aliphatic heterocycles. The second kappa shape index (κ2) is 3.74. The minimum Gasteiger partial charge on any atom is -0.381 e. The maximum Gasteiger partial charge on any atom is 0.169 e. The number of halogens is 1. The van der Waals surface area contributed by atoms with E-state index >= 15 is 0 Å². The van der Waals surface area contributed by atoms with Crippen LogP contribution in [0.5, 0.6) is 0 Å². The van der Waals surface area contributed by atoms with Crippen molar-refractivity contribution in [3.8, 4) is 5.69 Å². The van der Waals surface area contributed by atoms with Crippen LogP contribution in [0.25, 0.3) is 5.69 Å². The highest BCUT2D eigenvalue weighted by Crippen LogP contribution is 2.43. The number of aromatic nitrogens is 3. The van der Waals surface area contributed by atoms with Crippen molar-refractivity contribution in [1.29, 1.82) is 0 Å². The molecule has 0 unspecified atom stereocenters. The summed E-state index contributed by atoms with van der Waals surface area (Å²) in [7, 11) is 0. The molecule has 1 aliphatic carbocycles. The van der Waals surface area contributed by atoms with Crippen molar-refractivity contribution in [2.45, 2.75) is 25.7 Å². The number of nitrogens with two attached hydrogens (primary N) is 1. The lowest BCUT2D eigenvalue weighted by Crippen LogP contribution is -2.03. The fourth-order valence-corrected chi connectivity index (χ4v) is 2.20. The zero-order chi connectivity index (χ0) is 12.0. The van der Waals surface area contributed by atoms with Gasteiger partial charge in [0.25, 0.3) is 0 Å². The van der Waals surface area contributed by atoms with Crippen LogP contribution in [0.4, 0.5) is 5.82 Å². The maximum absolute atomic E-state index is 6.21. The summed E-state index contributed by atoms with van der Waals surface area (Å²) in [6.45, 7) is 2.02. The molecular formula is C12H13ClN4. The number of anilines is 1. The summed E-state index contributed by atoms with van der Waals surface area (Å²) in [5.74, 6) is 1.01. The van der Waals surface area contributed by atoms with Gasteiger partial charge in [0, 0.05) is 5.92 Å². The highest BCUT2D eigenvalue weighted by atomic mass is 35.5. The Balaban J connectivity index is 2.17. The van der Waals surface area contributed by atoms with Crippen LogP contribution in [0, 0.1) is 6.92 Å². The van der Waals surface area contributed by atoms with Gasteiger partial charge >= 0.3 is 0 Å². The lowest BCUT2D eigenvalue weighted by Gasteiger charge is -2.08. The van der Waals surface area contributed by atoms with Crippen molar-refractivity contribution in [3.05, 3.63) is 34.5 Å². The first kappa shape index (κ1) is 10.6. The molecule has 4 nitrogen and oxygen atoms in total. The first-order valence-electron chi connectivity index (χ1n) is 5.64. The zero-order valence-corrected chi connectivity index (χ0v) is 10.3. The molecule has 88 valence electrons. The monoisotopic (exact) mass is 248 g/mol. The number of aryl methyl sites for hydroxylation is 1. The summed E-state index contributed by atoms with van der Waals surface area (Å²) in [5, 5.41) is 8.73. The van der Waals surface area contributed by atoms with Gasteiger partial charge in [-0.1, -0.05) is 22.9 Å². The number of benzene rings is 1. The standard InChI is InChI=1S/C12H13ClN4/c1-7-2-5-9(13)10(6-7)17-11(8-3-4-8)12(14)15-16-17/h2,5-6,8H,3-4,14H2,1H3. The van der Waals surface area contributed by atoms with Crippen molar-refractivity contribution >= 4 is 17.4 Å². The first-order valence-corrected chi connectivity index (χ1v) is 6.02. The molecule has 1 heterocycles. The molecule has 0 saturated heterocycles. The quantitative estimate of drug-likeness (QED) is 0.889. The fourth-order valence-electron chi connectivity index (χ4n) is 2.00. The van der Waals surface area contributed by atoms with E-state index in [0.29, 0.717) is 16.8 Å². The smallest absolute Gasteiger partial charge is 0.169 e. The van der Waals surface area contributed by atoms with E-state index in [9.17, 15) is 0 Å². The van der Waals surface area contributed by atoms with Gasteiger partial charge in [0.05, 0.1) is 16.4 Å². The average Bonchev–Trinajstić information content (AvgIpc) is 3.06. The second-order valence-corrected chi connectivity index (χ2v) is 4.91. The Bertz CT molecular complexity index is 572. The number of nitrogen functional groups attached to an aromatic ring is 1. The molecule has 1 aliphatic rings. The van der Waals surface area contributed by atoms with E-state index in [4.69, 9.17) is 17.3 Å². The summed E-state index contributed by atoms with van der Waals surface area (Å²) in [4.78, 5) is 0. The largest absolute Gasteiger partial charge is 0.381 e. The zero-order valence-electron chi connectivity index (χ0n) is 9.52. The Morgan fingerprint density at radius 3 is 2.88 bits per heavy atom. The van der Waals surface area contributed by atoms with Gasteiger partial charge in [-0.05, 0) is 37.5 Å². The van der Waals surface area contributed by atoms with Crippen LogP contribution in [0.15, 0.2) is 18.2 Å². The molecule has 17 heavy (non-hydrogen) atoms. The van der Waals surface area contributed by atoms with Gasteiger partial charge in [-0.3, -0.25) is 0 Å². The molecule has 0 bridgehead atoms. The summed E-state index contributed by atoms with van der Waals surface area (Å²) < 4.78 is 1.78. The number of hydrogen-bond donors (Lipinski definition) is 1. The Labute approximate surface area is 104 Å². The highest BCUT2D eigenvalue weighted by molar-refractivity contribution is 6.32. The summed E-state index contributed by atoms with van der Waals surface area (Å²) in [5.41, 5.74) is 8.87. The topological polar surface area (TPSA) is 56.7 Å². The molecule has 0 amide bonds. The van der Waals surface area contributed by atoms with Gasteiger partial charge in [0.15, 0.2) is 5.82 Å². The number of rotatable bonds is 2. The lowest BCUT2D eigenvalue weighted by atomic mass is 10.2. The molecule has 2 aromatic rings. The van der Waals surface area contributed by atoms with E-state index in [2.05, 4.69) is 10.3 Å². The van der Waals surface area contributed by atoms with Crippen molar-refractivity contribution in [2.24, 2.45) is 0 Å². The molecule has 2 N–H and O–H groups in total. The molecule has 1 aromatic carbocycles. The van der Waals surface area contributed by atoms with Gasteiger partial charge in [-0.15, -0.1) is 5.10 Å². The van der Waals surface area contributed by atoms with Gasteiger partial charge in [0.2, 0.25) is 0 Å². The minimum absolute atomic E-state index is 0.488. The fraction of sp³-hybridized carbons (Fsp3) is 0.333. The predicted octanol–water partition coefficient (Wildman–Crippen LogP) is 2.69. The van der Waals surface area contributed by atoms with E-state index in [1.165, 1.54) is 0 Å². The van der Waals surface area contributed by atoms with Crippen LogP contribution in [0.2, 0.25) is 5.02 Å². The summed E-state index contributed by atoms with van der Waals surface area (Å²) in [6.07, 6.45) is 2.31. The van der Waals surface area contributed by atoms with Crippen LogP contribution in [0.1, 0.15) is 30.0 Å². The third-order valence-electron chi connectivity index (χ3n) is 3.03. The Hall–Kier alpha value is -1.55. The number of nitrogens with zero attached hydrogens (tertiary/aromatic N) is 3. The van der Waals surface area contributed by atoms with Crippen molar-refractivity contribution in [3.63, 3.8) is 0 Å². The van der Waals surface area contributed by atoms with E-state index in [1.54, 1.807) is 4.68 Å². The minimum atomic E-state index is 0.488. The van der Waals surface area contributed by atoms with Gasteiger partial charge in [0.1, 0.15) is 0 Å². The Morgan fingerprint density at radius 1 is 1.41 bits per heavy atom. The molecule has 1 saturated carbocycles.